The molecular weight excluding hydrogens is 296 g/mol. The molecule has 0 bridgehead atoms. The Kier molecular flexibility index (Phi) is 3.84. The van der Waals surface area contributed by atoms with E-state index in [2.05, 4.69) is 63.6 Å². The molecule has 0 amide bonds. The van der Waals surface area contributed by atoms with Crippen molar-refractivity contribution >= 4 is 28.1 Å². The summed E-state index contributed by atoms with van der Waals surface area (Å²) in [5.41, 5.74) is 2.50. The Morgan fingerprint density at radius 2 is 2.00 bits per heavy atom. The van der Waals surface area contributed by atoms with Crippen LogP contribution < -0.4 is 0 Å². The average molecular weight is 311 g/mol. The Morgan fingerprint density at radius 3 is 2.59 bits per heavy atom. The smallest absolute Gasteiger partial charge is 0.177 e. The molecule has 1 aromatic heterocycles. The van der Waals surface area contributed by atoms with Crippen LogP contribution in [0.15, 0.2) is 34.9 Å². The van der Waals surface area contributed by atoms with Crippen molar-refractivity contribution in [2.24, 2.45) is 0 Å². The van der Waals surface area contributed by atoms with Crippen LogP contribution in [0.5, 0.6) is 0 Å². The number of imidazole rings is 1. The van der Waals surface area contributed by atoms with Gasteiger partial charge in [-0.1, -0.05) is 35.0 Å². The molecule has 2 rings (SSSR count). The topological polar surface area (TPSA) is 20.7 Å². The largest absolute Gasteiger partial charge is 0.337 e. The molecule has 0 radical (unpaired) electrons. The van der Waals surface area contributed by atoms with E-state index in [0.717, 1.165) is 15.7 Å². The van der Waals surface area contributed by atoms with E-state index >= 15 is 0 Å². The number of halogens is 1. The highest BCUT2D eigenvalue weighted by molar-refractivity contribution is 9.10. The first-order valence-corrected chi connectivity index (χ1v) is 6.88. The summed E-state index contributed by atoms with van der Waals surface area (Å²) in [5, 5.41) is 0. The maximum atomic E-state index is 5.34. The Morgan fingerprint density at radius 1 is 1.35 bits per heavy atom. The lowest BCUT2D eigenvalue weighted by molar-refractivity contribution is 0.604. The van der Waals surface area contributed by atoms with Crippen molar-refractivity contribution < 1.29 is 0 Å². The number of nitrogens with one attached hydrogen (secondary N) is 1. The van der Waals surface area contributed by atoms with Gasteiger partial charge in [-0.2, -0.15) is 0 Å². The fraction of sp³-hybridized carbons (Fsp3) is 0.308. The van der Waals surface area contributed by atoms with Gasteiger partial charge in [0, 0.05) is 16.4 Å². The lowest BCUT2D eigenvalue weighted by Crippen LogP contribution is -2.09. The first-order valence-electron chi connectivity index (χ1n) is 5.67. The zero-order chi connectivity index (χ0) is 12.4. The van der Waals surface area contributed by atoms with E-state index in [1.165, 1.54) is 11.3 Å². The van der Waals surface area contributed by atoms with Gasteiger partial charge in [0.2, 0.25) is 0 Å². The first-order chi connectivity index (χ1) is 8.13. The summed E-state index contributed by atoms with van der Waals surface area (Å²) in [6, 6.07) is 8.64. The zero-order valence-corrected chi connectivity index (χ0v) is 12.3. The molecule has 0 aliphatic heterocycles. The highest BCUT2D eigenvalue weighted by Gasteiger charge is 2.11. The van der Waals surface area contributed by atoms with Gasteiger partial charge < -0.3 is 9.55 Å². The number of hydrogen-bond acceptors (Lipinski definition) is 1. The molecule has 0 aliphatic carbocycles. The molecule has 1 aromatic carbocycles. The standard InChI is InChI=1S/C13H15BrN2S/c1-3-12-8-15-13(17)16(12)9(2)10-4-6-11(14)7-5-10/h4-9H,3H2,1-2H3,(H,15,17). The van der Waals surface area contributed by atoms with E-state index < -0.39 is 0 Å². The molecule has 1 unspecified atom stereocenters. The van der Waals surface area contributed by atoms with Gasteiger partial charge in [0.05, 0.1) is 6.04 Å². The molecule has 0 aliphatic rings. The van der Waals surface area contributed by atoms with Gasteiger partial charge in [-0.25, -0.2) is 0 Å². The molecule has 0 fully saturated rings. The van der Waals surface area contributed by atoms with Crippen LogP contribution in [-0.2, 0) is 6.42 Å². The van der Waals surface area contributed by atoms with E-state index in [-0.39, 0.29) is 6.04 Å². The minimum Gasteiger partial charge on any atom is -0.337 e. The number of aryl methyl sites for hydroxylation is 1. The molecule has 90 valence electrons. The van der Waals surface area contributed by atoms with Gasteiger partial charge in [0.15, 0.2) is 4.77 Å². The Hall–Kier alpha value is -0.870. The van der Waals surface area contributed by atoms with Gasteiger partial charge in [0.25, 0.3) is 0 Å². The Labute approximate surface area is 115 Å². The first kappa shape index (κ1) is 12.6. The molecule has 4 heteroatoms. The minimum absolute atomic E-state index is 0.261. The minimum atomic E-state index is 0.261. The van der Waals surface area contributed by atoms with Crippen LogP contribution in [0.3, 0.4) is 0 Å². The Bertz CT molecular complexity index is 554. The van der Waals surface area contributed by atoms with Crippen LogP contribution in [0.25, 0.3) is 0 Å². The number of nitrogens with zero attached hydrogens (tertiary/aromatic N) is 1. The third kappa shape index (κ3) is 2.53. The summed E-state index contributed by atoms with van der Waals surface area (Å²) in [6.45, 7) is 4.31. The van der Waals surface area contributed by atoms with Gasteiger partial charge in [-0.05, 0) is 43.3 Å². The molecule has 0 saturated heterocycles. The van der Waals surface area contributed by atoms with E-state index in [4.69, 9.17) is 12.2 Å². The molecular formula is C13H15BrN2S. The van der Waals surface area contributed by atoms with Crippen molar-refractivity contribution in [2.75, 3.05) is 0 Å². The van der Waals surface area contributed by atoms with Crippen molar-refractivity contribution in [3.63, 3.8) is 0 Å². The lowest BCUT2D eigenvalue weighted by Gasteiger charge is -2.16. The highest BCUT2D eigenvalue weighted by Crippen LogP contribution is 2.22. The summed E-state index contributed by atoms with van der Waals surface area (Å²) >= 11 is 8.79. The van der Waals surface area contributed by atoms with E-state index in [1.54, 1.807) is 0 Å². The SMILES string of the molecule is CCc1c[nH]c(=S)n1C(C)c1ccc(Br)cc1. The quantitative estimate of drug-likeness (QED) is 0.829. The highest BCUT2D eigenvalue weighted by atomic mass is 79.9. The molecule has 0 saturated carbocycles. The van der Waals surface area contributed by atoms with Crippen LogP contribution in [0.2, 0.25) is 0 Å². The van der Waals surface area contributed by atoms with Gasteiger partial charge in [-0.3, -0.25) is 0 Å². The molecule has 0 spiro atoms. The van der Waals surface area contributed by atoms with Crippen LogP contribution in [0, 0.1) is 4.77 Å². The predicted molar refractivity (Wildman–Crippen MR) is 76.9 cm³/mol. The van der Waals surface area contributed by atoms with E-state index in [0.29, 0.717) is 0 Å². The summed E-state index contributed by atoms with van der Waals surface area (Å²) < 4.78 is 4.07. The second-order valence-electron chi connectivity index (χ2n) is 4.04. The monoisotopic (exact) mass is 310 g/mol. The van der Waals surface area contributed by atoms with Gasteiger partial charge >= 0.3 is 0 Å². The fourth-order valence-electron chi connectivity index (χ4n) is 2.00. The van der Waals surface area contributed by atoms with Crippen LogP contribution in [0.4, 0.5) is 0 Å². The second kappa shape index (κ2) is 5.19. The molecule has 1 N–H and O–H groups in total. The van der Waals surface area contributed by atoms with Crippen molar-refractivity contribution in [3.05, 3.63) is 51.0 Å². The second-order valence-corrected chi connectivity index (χ2v) is 5.34. The van der Waals surface area contributed by atoms with Crippen molar-refractivity contribution in [1.82, 2.24) is 9.55 Å². The number of H-pyrrole nitrogens is 1. The molecule has 2 nitrogen and oxygen atoms in total. The number of aromatic nitrogens is 2. The van der Waals surface area contributed by atoms with E-state index in [9.17, 15) is 0 Å². The fourth-order valence-corrected chi connectivity index (χ4v) is 2.60. The van der Waals surface area contributed by atoms with Crippen molar-refractivity contribution in [2.45, 2.75) is 26.3 Å². The summed E-state index contributed by atoms with van der Waals surface area (Å²) in [4.78, 5) is 3.12. The molecule has 2 aromatic rings. The number of aromatic amines is 1. The number of rotatable bonds is 3. The van der Waals surface area contributed by atoms with Crippen LogP contribution in [-0.4, -0.2) is 9.55 Å². The predicted octanol–water partition coefficient (Wildman–Crippen LogP) is 4.48. The summed E-state index contributed by atoms with van der Waals surface area (Å²) in [6.07, 6.45) is 2.98. The van der Waals surface area contributed by atoms with Crippen LogP contribution >= 0.6 is 28.1 Å². The van der Waals surface area contributed by atoms with Gasteiger partial charge in [0.1, 0.15) is 0 Å². The van der Waals surface area contributed by atoms with Crippen LogP contribution in [0.1, 0.15) is 31.1 Å². The maximum Gasteiger partial charge on any atom is 0.177 e. The van der Waals surface area contributed by atoms with E-state index in [1.807, 2.05) is 6.20 Å². The normalized spacial score (nSPS) is 12.6. The summed E-state index contributed by atoms with van der Waals surface area (Å²) in [5.74, 6) is 0. The lowest BCUT2D eigenvalue weighted by atomic mass is 10.1. The van der Waals surface area contributed by atoms with Gasteiger partial charge in [-0.15, -0.1) is 0 Å². The summed E-state index contributed by atoms with van der Waals surface area (Å²) in [7, 11) is 0. The third-order valence-electron chi connectivity index (χ3n) is 2.99. The maximum absolute atomic E-state index is 5.34. The number of hydrogen-bond donors (Lipinski definition) is 1. The number of benzene rings is 1. The average Bonchev–Trinajstić information content (AvgIpc) is 2.70. The van der Waals surface area contributed by atoms with Crippen molar-refractivity contribution in [3.8, 4) is 0 Å². The molecule has 17 heavy (non-hydrogen) atoms. The molecule has 1 heterocycles. The zero-order valence-electron chi connectivity index (χ0n) is 9.90. The van der Waals surface area contributed by atoms with Crippen molar-refractivity contribution in [1.29, 1.82) is 0 Å². The third-order valence-corrected chi connectivity index (χ3v) is 3.84. The molecule has 1 atom stereocenters. The Balaban J connectivity index is 2.43.